The molecule has 2 amide bonds. The summed E-state index contributed by atoms with van der Waals surface area (Å²) in [5.41, 5.74) is 2.57. The average molecular weight is 447 g/mol. The summed E-state index contributed by atoms with van der Waals surface area (Å²) in [5.74, 6) is -0.866. The number of hydrogen-bond acceptors (Lipinski definition) is 3. The van der Waals surface area contributed by atoms with Crippen LogP contribution in [0.3, 0.4) is 0 Å². The zero-order valence-electron chi connectivity index (χ0n) is 18.7. The number of benzene rings is 2. The van der Waals surface area contributed by atoms with Crippen LogP contribution in [-0.4, -0.2) is 39.9 Å². The van der Waals surface area contributed by atoms with Crippen LogP contribution in [0.1, 0.15) is 73.3 Å². The summed E-state index contributed by atoms with van der Waals surface area (Å²) in [4.78, 5) is 42.2. The number of amides is 2. The van der Waals surface area contributed by atoms with E-state index in [2.05, 4.69) is 6.07 Å². The average Bonchev–Trinajstić information content (AvgIpc) is 3.68. The Morgan fingerprint density at radius 3 is 2.30 bits per heavy atom. The van der Waals surface area contributed by atoms with Gasteiger partial charge in [0, 0.05) is 35.7 Å². The summed E-state index contributed by atoms with van der Waals surface area (Å²) in [6, 6.07) is 17.5. The van der Waals surface area contributed by atoms with Gasteiger partial charge in [-0.2, -0.15) is 0 Å². The van der Waals surface area contributed by atoms with Crippen LogP contribution in [0, 0.1) is 5.92 Å². The van der Waals surface area contributed by atoms with Gasteiger partial charge in [-0.1, -0.05) is 49.2 Å². The van der Waals surface area contributed by atoms with Crippen LogP contribution < -0.4 is 4.90 Å². The van der Waals surface area contributed by atoms with Crippen LogP contribution >= 0.6 is 0 Å². The number of anilines is 1. The lowest BCUT2D eigenvalue weighted by molar-refractivity contribution is -0.143. The summed E-state index contributed by atoms with van der Waals surface area (Å²) >= 11 is 0. The van der Waals surface area contributed by atoms with E-state index >= 15 is 0 Å². The third kappa shape index (κ3) is 4.14. The van der Waals surface area contributed by atoms with E-state index in [1.54, 1.807) is 0 Å². The Morgan fingerprint density at radius 2 is 1.58 bits per heavy atom. The molecule has 0 spiro atoms. The van der Waals surface area contributed by atoms with Gasteiger partial charge in [-0.05, 0) is 49.4 Å². The molecular weight excluding hydrogens is 416 g/mol. The van der Waals surface area contributed by atoms with Crippen molar-refractivity contribution in [1.82, 2.24) is 4.90 Å². The summed E-state index contributed by atoms with van der Waals surface area (Å²) in [7, 11) is 0. The minimum Gasteiger partial charge on any atom is -0.481 e. The first-order valence-electron chi connectivity index (χ1n) is 12.1. The molecule has 2 aromatic carbocycles. The molecule has 2 aliphatic carbocycles. The van der Waals surface area contributed by atoms with E-state index in [0.717, 1.165) is 49.8 Å². The summed E-state index contributed by atoms with van der Waals surface area (Å²) in [6.07, 6.45) is 5.80. The van der Waals surface area contributed by atoms with Gasteiger partial charge in [-0.15, -0.1) is 0 Å². The predicted octanol–water partition coefficient (Wildman–Crippen LogP) is 4.80. The second-order valence-electron chi connectivity index (χ2n) is 9.49. The quantitative estimate of drug-likeness (QED) is 0.691. The lowest BCUT2D eigenvalue weighted by atomic mass is 9.72. The molecule has 33 heavy (non-hydrogen) atoms. The van der Waals surface area contributed by atoms with Gasteiger partial charge < -0.3 is 14.9 Å². The number of carboxylic acids is 1. The molecule has 3 aliphatic rings. The standard InChI is InChI=1S/C27H30N2O4/c30-24(16-17-25(31)32)28(19-14-15-19)26-20-10-4-6-12-22(20)29(23-13-7-5-11-21(23)26)27(33)18-8-2-1-3-9-18/h1-4,6,8-10,12,19,21,23,26H,5,7,11,13-17H2,(H,31,32). The minimum atomic E-state index is -0.946. The molecule has 5 rings (SSSR count). The summed E-state index contributed by atoms with van der Waals surface area (Å²) in [6.45, 7) is 0. The number of hydrogen-bond donors (Lipinski definition) is 1. The van der Waals surface area contributed by atoms with Crippen molar-refractivity contribution in [3.8, 4) is 0 Å². The molecule has 2 saturated carbocycles. The Hall–Kier alpha value is -3.15. The Balaban J connectivity index is 1.58. The summed E-state index contributed by atoms with van der Waals surface area (Å²) < 4.78 is 0. The van der Waals surface area contributed by atoms with Crippen molar-refractivity contribution in [2.24, 2.45) is 5.92 Å². The number of para-hydroxylation sites is 1. The zero-order valence-corrected chi connectivity index (χ0v) is 18.7. The largest absolute Gasteiger partial charge is 0.481 e. The Labute approximate surface area is 194 Å². The number of carboxylic acid groups (broad SMARTS) is 1. The molecule has 0 radical (unpaired) electrons. The first-order valence-corrected chi connectivity index (χ1v) is 12.1. The Kier molecular flexibility index (Phi) is 5.92. The maximum absolute atomic E-state index is 13.7. The van der Waals surface area contributed by atoms with Crippen molar-refractivity contribution >= 4 is 23.5 Å². The zero-order chi connectivity index (χ0) is 22.9. The van der Waals surface area contributed by atoms with Gasteiger partial charge >= 0.3 is 5.97 Å². The normalized spacial score (nSPS) is 23.9. The fourth-order valence-corrected chi connectivity index (χ4v) is 5.81. The van der Waals surface area contributed by atoms with Crippen molar-refractivity contribution in [3.05, 3.63) is 65.7 Å². The third-order valence-electron chi connectivity index (χ3n) is 7.35. The van der Waals surface area contributed by atoms with Crippen molar-refractivity contribution < 1.29 is 19.5 Å². The molecule has 1 heterocycles. The van der Waals surface area contributed by atoms with E-state index in [4.69, 9.17) is 5.11 Å². The minimum absolute atomic E-state index is 0.00794. The van der Waals surface area contributed by atoms with Gasteiger partial charge in [0.2, 0.25) is 5.91 Å². The molecule has 6 heteroatoms. The molecule has 0 aromatic heterocycles. The van der Waals surface area contributed by atoms with Crippen molar-refractivity contribution in [1.29, 1.82) is 0 Å². The predicted molar refractivity (Wildman–Crippen MR) is 125 cm³/mol. The second kappa shape index (κ2) is 9.00. The van der Waals surface area contributed by atoms with E-state index in [0.29, 0.717) is 5.56 Å². The second-order valence-corrected chi connectivity index (χ2v) is 9.49. The fraction of sp³-hybridized carbons (Fsp3) is 0.444. The van der Waals surface area contributed by atoms with Gasteiger partial charge in [0.05, 0.1) is 12.5 Å². The van der Waals surface area contributed by atoms with E-state index in [9.17, 15) is 14.4 Å². The first kappa shape index (κ1) is 21.7. The number of fused-ring (bicyclic) bond motifs is 2. The van der Waals surface area contributed by atoms with E-state index in [1.165, 1.54) is 0 Å². The monoisotopic (exact) mass is 446 g/mol. The highest BCUT2D eigenvalue weighted by atomic mass is 16.4. The lowest BCUT2D eigenvalue weighted by Gasteiger charge is -2.52. The molecule has 1 N–H and O–H groups in total. The van der Waals surface area contributed by atoms with Crippen molar-refractivity contribution in [2.45, 2.75) is 69.5 Å². The molecular formula is C27H30N2O4. The topological polar surface area (TPSA) is 77.9 Å². The maximum atomic E-state index is 13.7. The van der Waals surface area contributed by atoms with Crippen LogP contribution in [0.4, 0.5) is 5.69 Å². The molecule has 0 saturated heterocycles. The van der Waals surface area contributed by atoms with E-state index in [-0.39, 0.29) is 48.7 Å². The Bertz CT molecular complexity index is 1050. The summed E-state index contributed by atoms with van der Waals surface area (Å²) in [5, 5.41) is 9.14. The number of nitrogens with zero attached hydrogens (tertiary/aromatic N) is 2. The van der Waals surface area contributed by atoms with Crippen LogP contribution in [0.25, 0.3) is 0 Å². The Morgan fingerprint density at radius 1 is 0.879 bits per heavy atom. The third-order valence-corrected chi connectivity index (χ3v) is 7.35. The highest BCUT2D eigenvalue weighted by Gasteiger charge is 2.50. The number of aliphatic carboxylic acids is 1. The molecule has 2 aromatic rings. The molecule has 172 valence electrons. The SMILES string of the molecule is O=C(O)CCC(=O)N(C1CC1)C1c2ccccc2N(C(=O)c2ccccc2)C2CCCCC21. The first-order chi connectivity index (χ1) is 16.1. The van der Waals surface area contributed by atoms with Crippen LogP contribution in [0.5, 0.6) is 0 Å². The van der Waals surface area contributed by atoms with Crippen LogP contribution in [-0.2, 0) is 9.59 Å². The molecule has 1 aliphatic heterocycles. The fourth-order valence-electron chi connectivity index (χ4n) is 5.81. The highest BCUT2D eigenvalue weighted by molar-refractivity contribution is 6.07. The van der Waals surface area contributed by atoms with Crippen LogP contribution in [0.2, 0.25) is 0 Å². The molecule has 3 unspecified atom stereocenters. The van der Waals surface area contributed by atoms with Gasteiger partial charge in [-0.3, -0.25) is 14.4 Å². The number of rotatable bonds is 6. The van der Waals surface area contributed by atoms with Gasteiger partial charge in [0.15, 0.2) is 0 Å². The lowest BCUT2D eigenvalue weighted by Crippen LogP contribution is -2.55. The molecule has 2 fully saturated rings. The molecule has 6 nitrogen and oxygen atoms in total. The number of carbonyl (C=O) groups excluding carboxylic acids is 2. The van der Waals surface area contributed by atoms with Gasteiger partial charge in [0.25, 0.3) is 5.91 Å². The van der Waals surface area contributed by atoms with Gasteiger partial charge in [-0.25, -0.2) is 0 Å². The highest BCUT2D eigenvalue weighted by Crippen LogP contribution is 2.52. The molecule has 0 bridgehead atoms. The van der Waals surface area contributed by atoms with E-state index in [1.807, 2.05) is 58.3 Å². The smallest absolute Gasteiger partial charge is 0.303 e. The van der Waals surface area contributed by atoms with Crippen LogP contribution in [0.15, 0.2) is 54.6 Å². The van der Waals surface area contributed by atoms with Gasteiger partial charge in [0.1, 0.15) is 0 Å². The van der Waals surface area contributed by atoms with Crippen molar-refractivity contribution in [3.63, 3.8) is 0 Å². The number of carbonyl (C=O) groups is 3. The molecule has 3 atom stereocenters. The van der Waals surface area contributed by atoms with Crippen molar-refractivity contribution in [2.75, 3.05) is 4.90 Å². The van der Waals surface area contributed by atoms with E-state index < -0.39 is 5.97 Å². The maximum Gasteiger partial charge on any atom is 0.303 e.